The summed E-state index contributed by atoms with van der Waals surface area (Å²) in [5.74, 6) is 0.0766. The smallest absolute Gasteiger partial charge is 0.253 e. The first-order valence-corrected chi connectivity index (χ1v) is 6.37. The van der Waals surface area contributed by atoms with E-state index in [2.05, 4.69) is 5.32 Å². The minimum absolute atomic E-state index is 0.00813. The average molecular weight is 250 g/mol. The second-order valence-corrected chi connectivity index (χ2v) is 4.99. The van der Waals surface area contributed by atoms with Crippen molar-refractivity contribution in [3.63, 3.8) is 0 Å². The van der Waals surface area contributed by atoms with E-state index in [1.807, 2.05) is 0 Å². The molecule has 1 fully saturated rings. The van der Waals surface area contributed by atoms with Crippen LogP contribution in [0.25, 0.3) is 0 Å². The molecular weight excluding hydrogens is 232 g/mol. The SMILES string of the molecule is CC(=O)NC[C@H]1CC[C@H](N2C(=O)C=CC2=O)CC1. The van der Waals surface area contributed by atoms with Crippen molar-refractivity contribution in [3.8, 4) is 0 Å². The second-order valence-electron chi connectivity index (χ2n) is 4.99. The largest absolute Gasteiger partial charge is 0.356 e. The lowest BCUT2D eigenvalue weighted by Gasteiger charge is -2.33. The van der Waals surface area contributed by atoms with E-state index in [0.717, 1.165) is 25.7 Å². The maximum Gasteiger partial charge on any atom is 0.253 e. The summed E-state index contributed by atoms with van der Waals surface area (Å²) >= 11 is 0. The van der Waals surface area contributed by atoms with Crippen LogP contribution >= 0.6 is 0 Å². The number of hydrogen-bond donors (Lipinski definition) is 1. The van der Waals surface area contributed by atoms with Gasteiger partial charge in [-0.2, -0.15) is 0 Å². The van der Waals surface area contributed by atoms with E-state index in [-0.39, 0.29) is 23.8 Å². The Hall–Kier alpha value is -1.65. The highest BCUT2D eigenvalue weighted by molar-refractivity contribution is 6.13. The lowest BCUT2D eigenvalue weighted by molar-refractivity contribution is -0.140. The third-order valence-corrected chi connectivity index (χ3v) is 3.66. The zero-order valence-corrected chi connectivity index (χ0v) is 10.5. The van der Waals surface area contributed by atoms with Gasteiger partial charge in [-0.25, -0.2) is 0 Å². The summed E-state index contributed by atoms with van der Waals surface area (Å²) in [6.07, 6.45) is 6.24. The van der Waals surface area contributed by atoms with Crippen LogP contribution in [-0.2, 0) is 14.4 Å². The number of nitrogens with zero attached hydrogens (tertiary/aromatic N) is 1. The Bertz CT molecular complexity index is 377. The van der Waals surface area contributed by atoms with E-state index in [9.17, 15) is 14.4 Å². The van der Waals surface area contributed by atoms with Gasteiger partial charge < -0.3 is 5.32 Å². The highest BCUT2D eigenvalue weighted by Gasteiger charge is 2.33. The highest BCUT2D eigenvalue weighted by Crippen LogP contribution is 2.28. The van der Waals surface area contributed by atoms with Gasteiger partial charge >= 0.3 is 0 Å². The second kappa shape index (κ2) is 5.33. The first-order chi connectivity index (χ1) is 8.58. The predicted octanol–water partition coefficient (Wildman–Crippen LogP) is 0.606. The van der Waals surface area contributed by atoms with Crippen LogP contribution in [0.3, 0.4) is 0 Å². The van der Waals surface area contributed by atoms with Crippen LogP contribution in [-0.4, -0.2) is 35.2 Å². The fourth-order valence-electron chi connectivity index (χ4n) is 2.67. The van der Waals surface area contributed by atoms with E-state index in [1.165, 1.54) is 24.0 Å². The van der Waals surface area contributed by atoms with Crippen molar-refractivity contribution in [3.05, 3.63) is 12.2 Å². The highest BCUT2D eigenvalue weighted by atomic mass is 16.2. The maximum absolute atomic E-state index is 11.5. The van der Waals surface area contributed by atoms with Crippen molar-refractivity contribution in [1.29, 1.82) is 0 Å². The molecule has 5 heteroatoms. The summed E-state index contributed by atoms with van der Waals surface area (Å²) in [6.45, 7) is 2.21. The average Bonchev–Trinajstić information content (AvgIpc) is 2.67. The van der Waals surface area contributed by atoms with Crippen LogP contribution in [0.15, 0.2) is 12.2 Å². The lowest BCUT2D eigenvalue weighted by Crippen LogP contribution is -2.43. The number of amides is 3. The van der Waals surface area contributed by atoms with Gasteiger partial charge in [-0.3, -0.25) is 19.3 Å². The molecule has 5 nitrogen and oxygen atoms in total. The van der Waals surface area contributed by atoms with Gasteiger partial charge in [0.2, 0.25) is 5.91 Å². The summed E-state index contributed by atoms with van der Waals surface area (Å²) in [7, 11) is 0. The molecule has 0 radical (unpaired) electrons. The van der Waals surface area contributed by atoms with Gasteiger partial charge in [-0.1, -0.05) is 0 Å². The molecule has 0 unspecified atom stereocenters. The Kier molecular flexibility index (Phi) is 3.79. The topological polar surface area (TPSA) is 66.5 Å². The molecule has 1 aliphatic carbocycles. The zero-order valence-electron chi connectivity index (χ0n) is 10.5. The predicted molar refractivity (Wildman–Crippen MR) is 65.4 cm³/mol. The van der Waals surface area contributed by atoms with Crippen molar-refractivity contribution >= 4 is 17.7 Å². The van der Waals surface area contributed by atoms with Crippen molar-refractivity contribution in [1.82, 2.24) is 10.2 Å². The van der Waals surface area contributed by atoms with Crippen LogP contribution in [0.2, 0.25) is 0 Å². The molecule has 1 aliphatic heterocycles. The molecule has 1 heterocycles. The van der Waals surface area contributed by atoms with Gasteiger partial charge in [-0.15, -0.1) is 0 Å². The summed E-state index contributed by atoms with van der Waals surface area (Å²) in [4.78, 5) is 35.3. The van der Waals surface area contributed by atoms with Gasteiger partial charge in [0, 0.05) is 31.7 Å². The Balaban J connectivity index is 1.82. The molecule has 0 spiro atoms. The van der Waals surface area contributed by atoms with E-state index >= 15 is 0 Å². The van der Waals surface area contributed by atoms with Gasteiger partial charge in [0.1, 0.15) is 0 Å². The van der Waals surface area contributed by atoms with Gasteiger partial charge in [0.05, 0.1) is 0 Å². The first kappa shape index (κ1) is 12.8. The van der Waals surface area contributed by atoms with E-state index < -0.39 is 0 Å². The van der Waals surface area contributed by atoms with E-state index in [1.54, 1.807) is 0 Å². The Morgan fingerprint density at radius 1 is 1.22 bits per heavy atom. The summed E-state index contributed by atoms with van der Waals surface area (Å²) < 4.78 is 0. The molecule has 2 aliphatic rings. The standard InChI is InChI=1S/C13H18N2O3/c1-9(16)14-8-10-2-4-11(5-3-10)15-12(17)6-7-13(15)18/h6-7,10-11H,2-5,8H2,1H3,(H,14,16)/t10-,11-. The molecule has 0 aromatic rings. The molecule has 0 atom stereocenters. The molecule has 0 bridgehead atoms. The molecular formula is C13H18N2O3. The van der Waals surface area contributed by atoms with Crippen molar-refractivity contribution in [2.24, 2.45) is 5.92 Å². The molecule has 0 aromatic heterocycles. The van der Waals surface area contributed by atoms with E-state index in [0.29, 0.717) is 12.5 Å². The fraction of sp³-hybridized carbons (Fsp3) is 0.615. The number of hydrogen-bond acceptors (Lipinski definition) is 3. The monoisotopic (exact) mass is 250 g/mol. The van der Waals surface area contributed by atoms with Gasteiger partial charge in [0.25, 0.3) is 11.8 Å². The number of carbonyl (C=O) groups is 3. The van der Waals surface area contributed by atoms with Crippen LogP contribution in [0.4, 0.5) is 0 Å². The lowest BCUT2D eigenvalue weighted by atomic mass is 9.85. The summed E-state index contributed by atoms with van der Waals surface area (Å²) in [5.41, 5.74) is 0. The van der Waals surface area contributed by atoms with Crippen LogP contribution in [0, 0.1) is 5.92 Å². The van der Waals surface area contributed by atoms with Crippen molar-refractivity contribution in [2.75, 3.05) is 6.54 Å². The van der Waals surface area contributed by atoms with Gasteiger partial charge in [-0.05, 0) is 31.6 Å². The minimum Gasteiger partial charge on any atom is -0.356 e. The number of rotatable bonds is 3. The molecule has 0 saturated heterocycles. The van der Waals surface area contributed by atoms with Crippen LogP contribution in [0.5, 0.6) is 0 Å². The van der Waals surface area contributed by atoms with Crippen molar-refractivity contribution in [2.45, 2.75) is 38.6 Å². The number of carbonyl (C=O) groups excluding carboxylic acids is 3. The molecule has 18 heavy (non-hydrogen) atoms. The summed E-state index contributed by atoms with van der Waals surface area (Å²) in [5, 5.41) is 2.82. The first-order valence-electron chi connectivity index (χ1n) is 6.37. The quantitative estimate of drug-likeness (QED) is 0.746. The molecule has 2 rings (SSSR count). The normalized spacial score (nSPS) is 27.7. The molecule has 0 aromatic carbocycles. The minimum atomic E-state index is -0.190. The van der Waals surface area contributed by atoms with Gasteiger partial charge in [0.15, 0.2) is 0 Å². The zero-order chi connectivity index (χ0) is 13.1. The Labute approximate surface area is 106 Å². The Morgan fingerprint density at radius 2 is 1.78 bits per heavy atom. The third-order valence-electron chi connectivity index (χ3n) is 3.66. The van der Waals surface area contributed by atoms with Crippen LogP contribution in [0.1, 0.15) is 32.6 Å². The van der Waals surface area contributed by atoms with Crippen LogP contribution < -0.4 is 5.32 Å². The van der Waals surface area contributed by atoms with E-state index in [4.69, 9.17) is 0 Å². The summed E-state index contributed by atoms with van der Waals surface area (Å²) in [6, 6.07) is 0.0357. The number of imide groups is 1. The maximum atomic E-state index is 11.5. The molecule has 1 N–H and O–H groups in total. The number of nitrogens with one attached hydrogen (secondary N) is 1. The molecule has 1 saturated carbocycles. The third kappa shape index (κ3) is 2.78. The fourth-order valence-corrected chi connectivity index (χ4v) is 2.67. The van der Waals surface area contributed by atoms with Crippen molar-refractivity contribution < 1.29 is 14.4 Å². The Morgan fingerprint density at radius 3 is 2.28 bits per heavy atom. The molecule has 98 valence electrons. The molecule has 3 amide bonds.